The first-order valence-electron chi connectivity index (χ1n) is 4.25. The number of hydrogen-bond acceptors (Lipinski definition) is 2. The topological polar surface area (TPSA) is 36.7 Å². The molecule has 0 saturated heterocycles. The van der Waals surface area contributed by atoms with Gasteiger partial charge in [0.1, 0.15) is 11.2 Å². The van der Waals surface area contributed by atoms with Gasteiger partial charge in [-0.3, -0.25) is 0 Å². The summed E-state index contributed by atoms with van der Waals surface area (Å²) in [6.45, 7) is 4.18. The maximum absolute atomic E-state index is 8.63. The van der Waals surface area contributed by atoms with Gasteiger partial charge in [0.25, 0.3) is 0 Å². The predicted octanol–water partition coefficient (Wildman–Crippen LogP) is 3.12. The minimum Gasteiger partial charge on any atom is -0.239 e. The normalized spacial score (nSPS) is 12.2. The second-order valence-corrected chi connectivity index (χ2v) is 3.35. The molecule has 0 aliphatic heterocycles. The standard InChI is InChI=1S/C10H11ClN2/c1-3-7(2)9-5-4-8(6-12)10(11)13-9/h4-5,7H,3H2,1-2H3. The third-order valence-electron chi connectivity index (χ3n) is 2.11. The van der Waals surface area contributed by atoms with Gasteiger partial charge in [-0.15, -0.1) is 0 Å². The molecule has 1 unspecified atom stereocenters. The van der Waals surface area contributed by atoms with Crippen LogP contribution < -0.4 is 0 Å². The molecule has 1 heterocycles. The Morgan fingerprint density at radius 3 is 2.77 bits per heavy atom. The maximum Gasteiger partial charge on any atom is 0.147 e. The molecule has 13 heavy (non-hydrogen) atoms. The minimum atomic E-state index is 0.306. The highest BCUT2D eigenvalue weighted by Gasteiger charge is 2.07. The van der Waals surface area contributed by atoms with Gasteiger partial charge < -0.3 is 0 Å². The average molecular weight is 195 g/mol. The molecule has 1 atom stereocenters. The Hall–Kier alpha value is -1.07. The molecule has 0 aliphatic carbocycles. The van der Waals surface area contributed by atoms with Crippen molar-refractivity contribution < 1.29 is 0 Å². The summed E-state index contributed by atoms with van der Waals surface area (Å²) in [5, 5.41) is 8.94. The Kier molecular flexibility index (Phi) is 3.27. The highest BCUT2D eigenvalue weighted by Crippen LogP contribution is 2.20. The molecule has 0 saturated carbocycles. The van der Waals surface area contributed by atoms with Gasteiger partial charge in [-0.25, -0.2) is 4.98 Å². The van der Waals surface area contributed by atoms with Gasteiger partial charge in [0.05, 0.1) is 5.56 Å². The van der Waals surface area contributed by atoms with Gasteiger partial charge in [-0.2, -0.15) is 5.26 Å². The van der Waals surface area contributed by atoms with Crippen molar-refractivity contribution in [3.05, 3.63) is 28.5 Å². The van der Waals surface area contributed by atoms with E-state index in [1.165, 1.54) is 0 Å². The fraction of sp³-hybridized carbons (Fsp3) is 0.400. The van der Waals surface area contributed by atoms with Crippen molar-refractivity contribution in [1.82, 2.24) is 4.98 Å². The number of nitriles is 1. The summed E-state index contributed by atoms with van der Waals surface area (Å²) in [7, 11) is 0. The molecule has 1 rings (SSSR count). The van der Waals surface area contributed by atoms with Crippen molar-refractivity contribution in [3.63, 3.8) is 0 Å². The van der Waals surface area contributed by atoms with Crippen LogP contribution in [-0.2, 0) is 0 Å². The van der Waals surface area contributed by atoms with E-state index < -0.39 is 0 Å². The van der Waals surface area contributed by atoms with Crippen LogP contribution in [0.25, 0.3) is 0 Å². The number of aromatic nitrogens is 1. The molecule has 0 bridgehead atoms. The Labute approximate surface area is 83.2 Å². The monoisotopic (exact) mass is 194 g/mol. The maximum atomic E-state index is 8.63. The van der Waals surface area contributed by atoms with E-state index in [0.717, 1.165) is 12.1 Å². The van der Waals surface area contributed by atoms with Crippen LogP contribution in [0.5, 0.6) is 0 Å². The first kappa shape index (κ1) is 10.0. The van der Waals surface area contributed by atoms with Crippen LogP contribution in [0.15, 0.2) is 12.1 Å². The van der Waals surface area contributed by atoms with Crippen LogP contribution in [0.2, 0.25) is 5.15 Å². The fourth-order valence-corrected chi connectivity index (χ4v) is 1.22. The highest BCUT2D eigenvalue weighted by atomic mass is 35.5. The number of nitrogens with zero attached hydrogens (tertiary/aromatic N) is 2. The molecule has 0 aliphatic rings. The lowest BCUT2D eigenvalue weighted by Crippen LogP contribution is -1.96. The van der Waals surface area contributed by atoms with Crippen molar-refractivity contribution in [2.45, 2.75) is 26.2 Å². The molecule has 0 N–H and O–H groups in total. The van der Waals surface area contributed by atoms with Gasteiger partial charge in [-0.1, -0.05) is 25.4 Å². The second kappa shape index (κ2) is 4.25. The smallest absolute Gasteiger partial charge is 0.147 e. The zero-order valence-corrected chi connectivity index (χ0v) is 8.47. The molecule has 1 aromatic rings. The van der Waals surface area contributed by atoms with Crippen molar-refractivity contribution in [1.29, 1.82) is 5.26 Å². The zero-order valence-electron chi connectivity index (χ0n) is 7.71. The van der Waals surface area contributed by atoms with Gasteiger partial charge >= 0.3 is 0 Å². The van der Waals surface area contributed by atoms with Crippen LogP contribution in [0.1, 0.15) is 37.4 Å². The first-order chi connectivity index (χ1) is 6.19. The molecule has 2 nitrogen and oxygen atoms in total. The summed E-state index contributed by atoms with van der Waals surface area (Å²) in [6.07, 6.45) is 1.02. The van der Waals surface area contributed by atoms with Gasteiger partial charge in [0.15, 0.2) is 0 Å². The fourth-order valence-electron chi connectivity index (χ4n) is 1.02. The summed E-state index contributed by atoms with van der Waals surface area (Å²) >= 11 is 5.80. The average Bonchev–Trinajstić information content (AvgIpc) is 2.16. The van der Waals surface area contributed by atoms with E-state index in [4.69, 9.17) is 16.9 Å². The SMILES string of the molecule is CCC(C)c1ccc(C#N)c(Cl)n1. The lowest BCUT2D eigenvalue weighted by atomic mass is 10.0. The van der Waals surface area contributed by atoms with E-state index in [0.29, 0.717) is 16.6 Å². The second-order valence-electron chi connectivity index (χ2n) is 3.00. The summed E-state index contributed by atoms with van der Waals surface area (Å²) in [4.78, 5) is 4.16. The largest absolute Gasteiger partial charge is 0.239 e. The number of rotatable bonds is 2. The summed E-state index contributed by atoms with van der Waals surface area (Å²) < 4.78 is 0. The number of halogens is 1. The quantitative estimate of drug-likeness (QED) is 0.679. The number of hydrogen-bond donors (Lipinski definition) is 0. The van der Waals surface area contributed by atoms with E-state index >= 15 is 0 Å². The first-order valence-corrected chi connectivity index (χ1v) is 4.63. The highest BCUT2D eigenvalue weighted by molar-refractivity contribution is 6.30. The predicted molar refractivity (Wildman–Crippen MR) is 52.7 cm³/mol. The molecule has 0 aromatic carbocycles. The van der Waals surface area contributed by atoms with E-state index in [9.17, 15) is 0 Å². The van der Waals surface area contributed by atoms with Crippen LogP contribution in [0.4, 0.5) is 0 Å². The van der Waals surface area contributed by atoms with Gasteiger partial charge in [0, 0.05) is 5.69 Å². The summed E-state index contributed by atoms with van der Waals surface area (Å²) in [5.41, 5.74) is 1.39. The Morgan fingerprint density at radius 2 is 2.31 bits per heavy atom. The van der Waals surface area contributed by atoms with E-state index in [1.807, 2.05) is 12.1 Å². The van der Waals surface area contributed by atoms with Crippen molar-refractivity contribution >= 4 is 11.6 Å². The van der Waals surface area contributed by atoms with Crippen LogP contribution in [-0.4, -0.2) is 4.98 Å². The molecule has 3 heteroatoms. The lowest BCUT2D eigenvalue weighted by Gasteiger charge is -2.07. The van der Waals surface area contributed by atoms with Crippen molar-refractivity contribution in [3.8, 4) is 6.07 Å². The summed E-state index contributed by atoms with van der Waals surface area (Å²) in [5.74, 6) is 0.394. The lowest BCUT2D eigenvalue weighted by molar-refractivity contribution is 0.708. The van der Waals surface area contributed by atoms with E-state index in [1.54, 1.807) is 6.07 Å². The van der Waals surface area contributed by atoms with Crippen molar-refractivity contribution in [2.24, 2.45) is 0 Å². The van der Waals surface area contributed by atoms with Gasteiger partial charge in [-0.05, 0) is 24.5 Å². The Bertz CT molecular complexity index is 341. The third kappa shape index (κ3) is 2.19. The molecule has 68 valence electrons. The molecule has 0 spiro atoms. The number of pyridine rings is 1. The molecule has 1 aromatic heterocycles. The minimum absolute atomic E-state index is 0.306. The van der Waals surface area contributed by atoms with Crippen LogP contribution in [0, 0.1) is 11.3 Å². The third-order valence-corrected chi connectivity index (χ3v) is 2.40. The molecular formula is C10H11ClN2. The molecular weight excluding hydrogens is 184 g/mol. The van der Waals surface area contributed by atoms with Gasteiger partial charge in [0.2, 0.25) is 0 Å². The summed E-state index contributed by atoms with van der Waals surface area (Å²) in [6, 6.07) is 5.56. The zero-order chi connectivity index (χ0) is 9.84. The van der Waals surface area contributed by atoms with E-state index in [-0.39, 0.29) is 0 Å². The Balaban J connectivity index is 3.04. The Morgan fingerprint density at radius 1 is 1.62 bits per heavy atom. The van der Waals surface area contributed by atoms with Crippen LogP contribution >= 0.6 is 11.6 Å². The molecule has 0 fully saturated rings. The van der Waals surface area contributed by atoms with E-state index in [2.05, 4.69) is 18.8 Å². The van der Waals surface area contributed by atoms with Crippen molar-refractivity contribution in [2.75, 3.05) is 0 Å². The van der Waals surface area contributed by atoms with Crippen LogP contribution in [0.3, 0.4) is 0 Å². The molecule has 0 amide bonds. The molecule has 0 radical (unpaired) electrons.